The fraction of sp³-hybridized carbons (Fsp3) is 0.905. The van der Waals surface area contributed by atoms with E-state index in [1.807, 2.05) is 9.36 Å². The summed E-state index contributed by atoms with van der Waals surface area (Å²) in [6.45, 7) is 9.47. The van der Waals surface area contributed by atoms with E-state index in [1.165, 1.54) is 6.42 Å². The van der Waals surface area contributed by atoms with Crippen LogP contribution in [0, 0.1) is 51.8 Å². The van der Waals surface area contributed by atoms with E-state index in [1.54, 1.807) is 4.57 Å². The highest BCUT2D eigenvalue weighted by Gasteiger charge is 2.95. The minimum Gasteiger partial charge on any atom is -0.246 e. The summed E-state index contributed by atoms with van der Waals surface area (Å²) in [5.41, 5.74) is 0.665. The molecule has 11 atom stereocenters. The van der Waals surface area contributed by atoms with Crippen molar-refractivity contribution >= 4 is 0 Å². The molecule has 1 aromatic rings. The van der Waals surface area contributed by atoms with E-state index < -0.39 is 0 Å². The van der Waals surface area contributed by atoms with Crippen LogP contribution in [0.25, 0.3) is 0 Å². The molecule has 5 heteroatoms. The molecule has 0 amide bonds. The molecular weight excluding hydrogens is 326 g/mol. The third-order valence-electron chi connectivity index (χ3n) is 11.7. The first-order chi connectivity index (χ1) is 12.3. The van der Waals surface area contributed by atoms with E-state index in [0.717, 1.165) is 30.6 Å². The Labute approximate surface area is 152 Å². The van der Waals surface area contributed by atoms with Gasteiger partial charge in [-0.1, -0.05) is 27.7 Å². The van der Waals surface area contributed by atoms with Crippen molar-refractivity contribution in [2.75, 3.05) is 0 Å². The van der Waals surface area contributed by atoms with Crippen molar-refractivity contribution in [2.45, 2.75) is 65.1 Å². The third-order valence-corrected chi connectivity index (χ3v) is 11.7. The molecule has 0 unspecified atom stereocenters. The summed E-state index contributed by atoms with van der Waals surface area (Å²) >= 11 is 0. The second-order valence-corrected chi connectivity index (χ2v) is 11.8. The summed E-state index contributed by atoms with van der Waals surface area (Å²) < 4.78 is 5.67. The van der Waals surface area contributed by atoms with Crippen LogP contribution in [0.4, 0.5) is 0 Å². The fourth-order valence-corrected chi connectivity index (χ4v) is 10.2. The van der Waals surface area contributed by atoms with E-state index in [4.69, 9.17) is 0 Å². The molecule has 26 heavy (non-hydrogen) atoms. The maximum atomic E-state index is 13.6. The molecule has 9 rings (SSSR count). The number of rotatable bonds is 1. The predicted molar refractivity (Wildman–Crippen MR) is 94.8 cm³/mol. The first kappa shape index (κ1) is 13.8. The monoisotopic (exact) mass is 353 g/mol. The van der Waals surface area contributed by atoms with E-state index in [9.17, 15) is 9.59 Å². The maximum Gasteiger partial charge on any atom is 0.347 e. The van der Waals surface area contributed by atoms with Crippen molar-refractivity contribution in [3.8, 4) is 0 Å². The standard InChI is InChI=1S/C21H27N3O2/c1-19(2)8-5-6-20(19,3)9(7-8)22-17(25)23-15-11-10-12(11)16(24(23)18(22)26)21(4)13(10)14(15)21/h8-16H,5-7H2,1-4H3/t8-,9+,10-,11-,12-,13-,14-,15-,16-,20-,21-/m1/s1. The van der Waals surface area contributed by atoms with Gasteiger partial charge in [-0.25, -0.2) is 23.5 Å². The Kier molecular flexibility index (Phi) is 1.71. The van der Waals surface area contributed by atoms with Crippen LogP contribution in [0.3, 0.4) is 0 Å². The minimum atomic E-state index is 0.0240. The van der Waals surface area contributed by atoms with Crippen molar-refractivity contribution in [3.63, 3.8) is 0 Å². The van der Waals surface area contributed by atoms with E-state index >= 15 is 0 Å². The highest BCUT2D eigenvalue weighted by atomic mass is 16.2. The number of hydrogen-bond acceptors (Lipinski definition) is 2. The Morgan fingerprint density at radius 1 is 0.923 bits per heavy atom. The Hall–Kier alpha value is -1.26. The predicted octanol–water partition coefficient (Wildman–Crippen LogP) is 2.44. The van der Waals surface area contributed by atoms with Crippen LogP contribution in [0.2, 0.25) is 0 Å². The van der Waals surface area contributed by atoms with Gasteiger partial charge in [0.15, 0.2) is 0 Å². The summed E-state index contributed by atoms with van der Waals surface area (Å²) in [6, 6.07) is 0.748. The second-order valence-electron chi connectivity index (χ2n) is 11.8. The molecule has 3 heterocycles. The fourth-order valence-electron chi connectivity index (χ4n) is 10.2. The van der Waals surface area contributed by atoms with Crippen LogP contribution in [-0.2, 0) is 0 Å². The SMILES string of the molecule is CC1(C)[C@@H]2CC[C@]1(C)[C@@H](n1c(=O)n3n(c1=O)[C@@H]1[C@H]4[C@H]5[C@H]4[C@@H]4[C@H]([C@@H]53)[C@@]41C)C2. The molecule has 8 aliphatic rings. The molecule has 6 saturated carbocycles. The summed E-state index contributed by atoms with van der Waals surface area (Å²) in [5, 5.41) is 0. The number of hydrogen-bond donors (Lipinski definition) is 0. The quantitative estimate of drug-likeness (QED) is 0.779. The molecule has 0 aromatic carbocycles. The zero-order valence-corrected chi connectivity index (χ0v) is 16.0. The van der Waals surface area contributed by atoms with E-state index in [-0.39, 0.29) is 28.3 Å². The van der Waals surface area contributed by atoms with Gasteiger partial charge < -0.3 is 0 Å². The van der Waals surface area contributed by atoms with Crippen LogP contribution in [-0.4, -0.2) is 13.9 Å². The van der Waals surface area contributed by atoms with Gasteiger partial charge in [-0.05, 0) is 71.0 Å². The zero-order valence-electron chi connectivity index (χ0n) is 16.0. The van der Waals surface area contributed by atoms with Gasteiger partial charge in [0.2, 0.25) is 0 Å². The van der Waals surface area contributed by atoms with Crippen molar-refractivity contribution < 1.29 is 0 Å². The van der Waals surface area contributed by atoms with Crippen LogP contribution in [0.5, 0.6) is 0 Å². The largest absolute Gasteiger partial charge is 0.347 e. The average molecular weight is 353 g/mol. The molecule has 0 saturated heterocycles. The normalized spacial score (nSPS) is 62.7. The topological polar surface area (TPSA) is 48.9 Å². The Morgan fingerprint density at radius 2 is 1.65 bits per heavy atom. The zero-order chi connectivity index (χ0) is 17.7. The lowest BCUT2D eigenvalue weighted by Crippen LogP contribution is -2.48. The van der Waals surface area contributed by atoms with Crippen molar-refractivity contribution in [2.24, 2.45) is 51.8 Å². The van der Waals surface area contributed by atoms with Crippen LogP contribution < -0.4 is 11.4 Å². The molecule has 138 valence electrons. The molecule has 1 aromatic heterocycles. The lowest BCUT2D eigenvalue weighted by molar-refractivity contribution is 0.0636. The highest BCUT2D eigenvalue weighted by Crippen LogP contribution is 2.96. The first-order valence-electron chi connectivity index (χ1n) is 10.7. The molecule has 0 spiro atoms. The van der Waals surface area contributed by atoms with Crippen molar-refractivity contribution in [1.82, 2.24) is 13.9 Å². The van der Waals surface area contributed by atoms with Gasteiger partial charge in [-0.3, -0.25) is 0 Å². The lowest BCUT2D eigenvalue weighted by atomic mass is 9.69. The summed E-state index contributed by atoms with van der Waals surface area (Å²) in [5.74, 6) is 4.40. The van der Waals surface area contributed by atoms with Crippen molar-refractivity contribution in [3.05, 3.63) is 21.0 Å². The molecule has 4 bridgehead atoms. The lowest BCUT2D eigenvalue weighted by Gasteiger charge is -2.41. The Balaban J connectivity index is 1.38. The highest BCUT2D eigenvalue weighted by molar-refractivity contribution is 5.42. The number of nitrogens with zero attached hydrogens (tertiary/aromatic N) is 3. The second kappa shape index (κ2) is 3.22. The van der Waals surface area contributed by atoms with Crippen molar-refractivity contribution in [1.29, 1.82) is 0 Å². The molecular formula is C21H27N3O2. The number of fused-ring (bicyclic) bond motifs is 2. The van der Waals surface area contributed by atoms with Gasteiger partial charge in [0.25, 0.3) is 0 Å². The van der Waals surface area contributed by atoms with Gasteiger partial charge in [0.05, 0.1) is 12.1 Å². The van der Waals surface area contributed by atoms with E-state index in [0.29, 0.717) is 35.3 Å². The summed E-state index contributed by atoms with van der Waals surface area (Å²) in [4.78, 5) is 27.2. The van der Waals surface area contributed by atoms with Crippen LogP contribution >= 0.6 is 0 Å². The smallest absolute Gasteiger partial charge is 0.246 e. The van der Waals surface area contributed by atoms with Gasteiger partial charge in [0.1, 0.15) is 0 Å². The Bertz CT molecular complexity index is 1060. The third kappa shape index (κ3) is 0.926. The summed E-state index contributed by atoms with van der Waals surface area (Å²) in [6.07, 6.45) is 3.41. The first-order valence-corrected chi connectivity index (χ1v) is 10.7. The van der Waals surface area contributed by atoms with Gasteiger partial charge >= 0.3 is 11.4 Å². The maximum absolute atomic E-state index is 13.6. The Morgan fingerprint density at radius 3 is 2.23 bits per heavy atom. The molecule has 2 aliphatic heterocycles. The van der Waals surface area contributed by atoms with E-state index in [2.05, 4.69) is 27.7 Å². The molecule has 5 nitrogen and oxygen atoms in total. The van der Waals surface area contributed by atoms with Crippen LogP contribution in [0.1, 0.15) is 65.1 Å². The molecule has 0 N–H and O–H groups in total. The average Bonchev–Trinajstić information content (AvgIpc) is 3.26. The van der Waals surface area contributed by atoms with Gasteiger partial charge in [-0.2, -0.15) is 0 Å². The molecule has 6 aliphatic carbocycles. The van der Waals surface area contributed by atoms with Gasteiger partial charge in [0, 0.05) is 6.04 Å². The molecule has 6 fully saturated rings. The van der Waals surface area contributed by atoms with Gasteiger partial charge in [-0.15, -0.1) is 0 Å². The summed E-state index contributed by atoms with van der Waals surface area (Å²) in [7, 11) is 0. The number of aromatic nitrogens is 3. The van der Waals surface area contributed by atoms with Crippen LogP contribution in [0.15, 0.2) is 9.59 Å². The molecule has 0 radical (unpaired) electrons. The minimum absolute atomic E-state index is 0.0240.